The van der Waals surface area contributed by atoms with E-state index < -0.39 is 0 Å². The van der Waals surface area contributed by atoms with Crippen molar-refractivity contribution in [3.63, 3.8) is 0 Å². The molecule has 2 aliphatic heterocycles. The Hall–Kier alpha value is -0.380. The highest BCUT2D eigenvalue weighted by atomic mass is 79.9. The lowest BCUT2D eigenvalue weighted by atomic mass is 9.96. The van der Waals surface area contributed by atoms with Gasteiger partial charge in [-0.25, -0.2) is 0 Å². The van der Waals surface area contributed by atoms with Crippen molar-refractivity contribution in [1.82, 2.24) is 10.2 Å². The highest BCUT2D eigenvalue weighted by Crippen LogP contribution is 2.29. The zero-order valence-electron chi connectivity index (χ0n) is 11.6. The van der Waals surface area contributed by atoms with Crippen molar-refractivity contribution < 1.29 is 0 Å². The highest BCUT2D eigenvalue weighted by molar-refractivity contribution is 9.10. The molecule has 2 nitrogen and oxygen atoms in total. The second-order valence-corrected chi connectivity index (χ2v) is 6.82. The van der Waals surface area contributed by atoms with Gasteiger partial charge < -0.3 is 10.2 Å². The number of fused-ring (bicyclic) bond motifs is 1. The lowest BCUT2D eigenvalue weighted by Crippen LogP contribution is -2.46. The van der Waals surface area contributed by atoms with Crippen molar-refractivity contribution in [3.8, 4) is 0 Å². The third-order valence-electron chi connectivity index (χ3n) is 4.68. The molecule has 3 unspecified atom stereocenters. The summed E-state index contributed by atoms with van der Waals surface area (Å²) in [7, 11) is 0. The lowest BCUT2D eigenvalue weighted by Gasteiger charge is -2.36. The fraction of sp³-hybridized carbons (Fsp3) is 0.625. The molecule has 2 aliphatic rings. The van der Waals surface area contributed by atoms with Crippen LogP contribution in [0.3, 0.4) is 0 Å². The number of rotatable bonds is 3. The number of nitrogens with zero attached hydrogens (tertiary/aromatic N) is 1. The summed E-state index contributed by atoms with van der Waals surface area (Å²) in [6.07, 6.45) is 5.43. The molecule has 1 aromatic carbocycles. The first kappa shape index (κ1) is 13.6. The summed E-state index contributed by atoms with van der Waals surface area (Å²) in [5.41, 5.74) is 1.37. The fourth-order valence-corrected chi connectivity index (χ4v) is 4.27. The molecular formula is C16H23BrN2. The van der Waals surface area contributed by atoms with Gasteiger partial charge >= 0.3 is 0 Å². The van der Waals surface area contributed by atoms with Gasteiger partial charge in [-0.1, -0.05) is 34.1 Å². The van der Waals surface area contributed by atoms with E-state index in [4.69, 9.17) is 0 Å². The smallest absolute Gasteiger partial charge is 0.0305 e. The van der Waals surface area contributed by atoms with Crippen LogP contribution < -0.4 is 5.32 Å². The number of hydrogen-bond donors (Lipinski definition) is 1. The topological polar surface area (TPSA) is 15.3 Å². The van der Waals surface area contributed by atoms with Crippen molar-refractivity contribution in [3.05, 3.63) is 34.3 Å². The van der Waals surface area contributed by atoms with Crippen molar-refractivity contribution in [2.24, 2.45) is 0 Å². The van der Waals surface area contributed by atoms with Crippen LogP contribution in [0.5, 0.6) is 0 Å². The van der Waals surface area contributed by atoms with E-state index >= 15 is 0 Å². The normalized spacial score (nSPS) is 29.2. The SMILES string of the molecule is CC(NC1CCN2CCCC2C1)c1ccccc1Br. The Labute approximate surface area is 124 Å². The van der Waals surface area contributed by atoms with Gasteiger partial charge in [0.05, 0.1) is 0 Å². The van der Waals surface area contributed by atoms with Crippen LogP contribution in [-0.4, -0.2) is 30.1 Å². The molecule has 0 amide bonds. The number of piperidine rings is 1. The zero-order chi connectivity index (χ0) is 13.2. The molecule has 1 N–H and O–H groups in total. The summed E-state index contributed by atoms with van der Waals surface area (Å²) in [4.78, 5) is 2.68. The van der Waals surface area contributed by atoms with Gasteiger partial charge in [-0.05, 0) is 57.3 Å². The summed E-state index contributed by atoms with van der Waals surface area (Å²) >= 11 is 3.66. The minimum absolute atomic E-state index is 0.425. The molecule has 0 spiro atoms. The maximum atomic E-state index is 3.83. The Morgan fingerprint density at radius 2 is 2.11 bits per heavy atom. The van der Waals surface area contributed by atoms with Crippen LogP contribution in [0.25, 0.3) is 0 Å². The van der Waals surface area contributed by atoms with Gasteiger partial charge in [-0.15, -0.1) is 0 Å². The molecule has 0 radical (unpaired) electrons. The monoisotopic (exact) mass is 322 g/mol. The molecule has 2 heterocycles. The molecule has 2 saturated heterocycles. The first-order valence-corrected chi connectivity index (χ1v) is 8.28. The average Bonchev–Trinajstić information content (AvgIpc) is 2.86. The van der Waals surface area contributed by atoms with E-state index in [9.17, 15) is 0 Å². The van der Waals surface area contributed by atoms with Crippen LogP contribution in [0.15, 0.2) is 28.7 Å². The molecule has 2 fully saturated rings. The van der Waals surface area contributed by atoms with Crippen LogP contribution in [0.1, 0.15) is 44.2 Å². The predicted octanol–water partition coefficient (Wildman–Crippen LogP) is 3.73. The summed E-state index contributed by atoms with van der Waals surface area (Å²) in [5, 5.41) is 3.83. The number of hydrogen-bond acceptors (Lipinski definition) is 2. The van der Waals surface area contributed by atoms with Crippen LogP contribution in [0.2, 0.25) is 0 Å². The van der Waals surface area contributed by atoms with Gasteiger partial charge in [0.1, 0.15) is 0 Å². The molecule has 0 aromatic heterocycles. The van der Waals surface area contributed by atoms with Crippen LogP contribution in [0.4, 0.5) is 0 Å². The van der Waals surface area contributed by atoms with E-state index in [0.29, 0.717) is 12.1 Å². The van der Waals surface area contributed by atoms with E-state index in [-0.39, 0.29) is 0 Å². The fourth-order valence-electron chi connectivity index (χ4n) is 3.65. The first-order chi connectivity index (χ1) is 9.24. The van der Waals surface area contributed by atoms with E-state index in [1.54, 1.807) is 0 Å². The molecule has 0 saturated carbocycles. The second kappa shape index (κ2) is 5.94. The Balaban J connectivity index is 1.61. The van der Waals surface area contributed by atoms with E-state index in [1.807, 2.05) is 0 Å². The molecule has 1 aromatic rings. The molecule has 3 rings (SSSR count). The lowest BCUT2D eigenvalue weighted by molar-refractivity contribution is 0.162. The molecular weight excluding hydrogens is 300 g/mol. The minimum atomic E-state index is 0.425. The quantitative estimate of drug-likeness (QED) is 0.912. The Bertz CT molecular complexity index is 435. The van der Waals surface area contributed by atoms with Crippen LogP contribution in [-0.2, 0) is 0 Å². The summed E-state index contributed by atoms with van der Waals surface area (Å²) in [6.45, 7) is 4.89. The Morgan fingerprint density at radius 1 is 1.26 bits per heavy atom. The van der Waals surface area contributed by atoms with Crippen LogP contribution >= 0.6 is 15.9 Å². The van der Waals surface area contributed by atoms with Gasteiger partial charge in [0.25, 0.3) is 0 Å². The largest absolute Gasteiger partial charge is 0.307 e. The third-order valence-corrected chi connectivity index (χ3v) is 5.40. The van der Waals surface area contributed by atoms with Crippen molar-refractivity contribution in [2.75, 3.05) is 13.1 Å². The van der Waals surface area contributed by atoms with Gasteiger partial charge in [0.2, 0.25) is 0 Å². The Kier molecular flexibility index (Phi) is 4.25. The minimum Gasteiger partial charge on any atom is -0.307 e. The first-order valence-electron chi connectivity index (χ1n) is 7.48. The van der Waals surface area contributed by atoms with Crippen molar-refractivity contribution >= 4 is 15.9 Å². The maximum Gasteiger partial charge on any atom is 0.0305 e. The standard InChI is InChI=1S/C16H23BrN2/c1-12(15-6-2-3-7-16(15)17)18-13-8-10-19-9-4-5-14(19)11-13/h2-3,6-7,12-14,18H,4-5,8-11H2,1H3. The summed E-state index contributed by atoms with van der Waals surface area (Å²) < 4.78 is 1.22. The molecule has 3 atom stereocenters. The summed E-state index contributed by atoms with van der Waals surface area (Å²) in [6, 6.07) is 10.5. The molecule has 0 aliphatic carbocycles. The van der Waals surface area contributed by atoms with Gasteiger partial charge in [0, 0.05) is 22.6 Å². The Morgan fingerprint density at radius 3 is 2.95 bits per heavy atom. The number of benzene rings is 1. The summed E-state index contributed by atoms with van der Waals surface area (Å²) in [5.74, 6) is 0. The maximum absolute atomic E-state index is 3.83. The number of halogens is 1. The van der Waals surface area contributed by atoms with E-state index in [0.717, 1.165) is 6.04 Å². The zero-order valence-corrected chi connectivity index (χ0v) is 13.2. The predicted molar refractivity (Wildman–Crippen MR) is 83.3 cm³/mol. The molecule has 104 valence electrons. The van der Waals surface area contributed by atoms with Gasteiger partial charge in [0.15, 0.2) is 0 Å². The molecule has 0 bridgehead atoms. The van der Waals surface area contributed by atoms with Gasteiger partial charge in [-0.3, -0.25) is 0 Å². The molecule has 3 heteroatoms. The molecule has 19 heavy (non-hydrogen) atoms. The number of nitrogens with one attached hydrogen (secondary N) is 1. The van der Waals surface area contributed by atoms with Crippen molar-refractivity contribution in [2.45, 2.75) is 50.7 Å². The van der Waals surface area contributed by atoms with E-state index in [1.165, 1.54) is 48.8 Å². The van der Waals surface area contributed by atoms with Gasteiger partial charge in [-0.2, -0.15) is 0 Å². The highest BCUT2D eigenvalue weighted by Gasteiger charge is 2.32. The van der Waals surface area contributed by atoms with E-state index in [2.05, 4.69) is 57.3 Å². The van der Waals surface area contributed by atoms with Crippen LogP contribution in [0, 0.1) is 0 Å². The second-order valence-electron chi connectivity index (χ2n) is 5.96. The third kappa shape index (κ3) is 3.04. The van der Waals surface area contributed by atoms with Crippen molar-refractivity contribution in [1.29, 1.82) is 0 Å². The average molecular weight is 323 g/mol.